The molecule has 0 spiro atoms. The number of esters is 10. The lowest BCUT2D eigenvalue weighted by Crippen LogP contribution is -2.63. The van der Waals surface area contributed by atoms with E-state index in [2.05, 4.69) is 34.6 Å². The van der Waals surface area contributed by atoms with E-state index in [1.54, 1.807) is 41.5 Å². The van der Waals surface area contributed by atoms with Gasteiger partial charge in [-0.1, -0.05) is 55.4 Å². The van der Waals surface area contributed by atoms with Gasteiger partial charge in [-0.3, -0.25) is 33.0 Å². The molecule has 118 heavy (non-hydrogen) atoms. The third-order valence-corrected chi connectivity index (χ3v) is 33.2. The number of carbonyl (C=O) groups is 10. The minimum absolute atomic E-state index is 0.0130. The van der Waals surface area contributed by atoms with Gasteiger partial charge in [-0.05, 0) is 335 Å². The number of cyclic esters (lactones) is 1. The average Bonchev–Trinajstić information content (AvgIpc) is 1.51. The quantitative estimate of drug-likeness (QED) is 0.0504. The molecule has 15 aliphatic carbocycles. The Balaban J connectivity index is 0.000000164. The van der Waals surface area contributed by atoms with Crippen LogP contribution in [0.5, 0.6) is 0 Å². The van der Waals surface area contributed by atoms with Gasteiger partial charge in [-0.2, -0.15) is 8.42 Å². The molecule has 2 heterocycles. The monoisotopic (exact) mass is 1680 g/mol. The van der Waals surface area contributed by atoms with Crippen molar-refractivity contribution in [3.8, 4) is 0 Å². The molecule has 24 nitrogen and oxygen atoms in total. The first-order chi connectivity index (χ1) is 54.7. The average molecular weight is 1680 g/mol. The summed E-state index contributed by atoms with van der Waals surface area (Å²) < 4.78 is 82.7. The van der Waals surface area contributed by atoms with Crippen molar-refractivity contribution >= 4 is 69.8 Å². The van der Waals surface area contributed by atoms with Crippen LogP contribution in [-0.4, -0.2) is 151 Å². The second-order valence-corrected chi connectivity index (χ2v) is 44.8. The van der Waals surface area contributed by atoms with Crippen molar-refractivity contribution in [1.82, 2.24) is 0 Å². The highest BCUT2D eigenvalue weighted by Gasteiger charge is 2.67. The Hall–Kier alpha value is -5.43. The van der Waals surface area contributed by atoms with Crippen LogP contribution in [0.4, 0.5) is 0 Å². The summed E-state index contributed by atoms with van der Waals surface area (Å²) in [6.07, 6.45) is 26.8. The summed E-state index contributed by atoms with van der Waals surface area (Å²) in [6, 6.07) is 0. The Bertz CT molecular complexity index is 3630. The maximum absolute atomic E-state index is 12.8. The Kier molecular flexibility index (Phi) is 30.4. The van der Waals surface area contributed by atoms with Crippen molar-refractivity contribution in [2.24, 2.45) is 109 Å². The molecule has 8 atom stereocenters. The van der Waals surface area contributed by atoms with Gasteiger partial charge in [0.15, 0.2) is 19.8 Å². The van der Waals surface area contributed by atoms with E-state index in [0.29, 0.717) is 93.0 Å². The first-order valence-electron chi connectivity index (χ1n) is 45.3. The fourth-order valence-electron chi connectivity index (χ4n) is 22.0. The summed E-state index contributed by atoms with van der Waals surface area (Å²) in [6.45, 7) is 41.9. The van der Waals surface area contributed by atoms with E-state index in [9.17, 15) is 61.5 Å². The van der Waals surface area contributed by atoms with Crippen LogP contribution in [0, 0.1) is 109 Å². The first kappa shape index (κ1) is 96.4. The topological polar surface area (TPSA) is 327 Å². The molecule has 0 aromatic heterocycles. The molecule has 0 aromatic carbocycles. The number of hydrogen-bond acceptors (Lipinski definition) is 24. The van der Waals surface area contributed by atoms with E-state index in [4.69, 9.17) is 51.6 Å². The molecule has 2 saturated heterocycles. The minimum Gasteiger partial charge on any atom is -0.463 e. The summed E-state index contributed by atoms with van der Waals surface area (Å²) in [5.41, 5.74) is -4.61. The summed E-state index contributed by atoms with van der Waals surface area (Å²) in [5, 5.41) is 10.2. The van der Waals surface area contributed by atoms with Crippen LogP contribution in [0.2, 0.25) is 0 Å². The van der Waals surface area contributed by atoms with E-state index in [1.165, 1.54) is 57.8 Å². The minimum atomic E-state index is -3.53. The fourth-order valence-corrected chi connectivity index (χ4v) is 23.9. The summed E-state index contributed by atoms with van der Waals surface area (Å²) in [7, 11) is -3.53. The van der Waals surface area contributed by atoms with Crippen molar-refractivity contribution in [1.29, 1.82) is 0 Å². The molecule has 0 radical (unpaired) electrons. The maximum Gasteiger partial charge on any atom is 0.347 e. The standard InChI is InChI=1S/C21H32O6.C19H32O2.C16H26O3.C15H22O7S.C12H22O2.C10H16O4/c1-5-20(2,3)19(24)26-11-17(22)25-12-18(23)27-21(4)15-7-13-6-14(9-15)10-16(21)8-13;1-6-18(4,5)17(20)21-19(12(2)3)15-8-13-7-14(10-15)11-16(19)9-13;1-4-14(2,3)13(17)19-16-8-11-5-12(9-16)7-15(18,6-11)10-16;1-4-15(2,3)14(17)20-7-11(16)21-12-8-5-9-10(6-8)23(18,19)22-13(9)12;1-5-11(2,3)10(13)14-12(4)8-6-7-9-12;1-4-10(2,3)9(12)14-7-5-6-13-8(7)11/h13-16H,5-12H2,1-4H3;12-16H,6-11H2,1-5H3;11-12,18H,4-10H2,1-3H3;8-10,12-13H,4-7H2,1-3H3;5-9H2,1-4H3;7H,4-6H2,1-3H3. The molecule has 8 unspecified atom stereocenters. The fraction of sp³-hybridized carbons (Fsp3) is 0.892. The third kappa shape index (κ3) is 22.0. The number of aliphatic hydroxyl groups is 1. The van der Waals surface area contributed by atoms with Gasteiger partial charge in [0.1, 0.15) is 34.6 Å². The Morgan fingerprint density at radius 3 is 1.31 bits per heavy atom. The lowest BCUT2D eigenvalue weighted by molar-refractivity contribution is -0.231. The highest BCUT2D eigenvalue weighted by atomic mass is 32.2. The summed E-state index contributed by atoms with van der Waals surface area (Å²) >= 11 is 0. The van der Waals surface area contributed by atoms with Gasteiger partial charge in [-0.25, -0.2) is 19.2 Å². The number of hydrogen-bond donors (Lipinski definition) is 1. The number of rotatable bonds is 25. The van der Waals surface area contributed by atoms with Gasteiger partial charge in [0.2, 0.25) is 6.10 Å². The SMILES string of the molecule is CCC(C)(C)C(=O)OC1(C(C)C)C2CC3CC(C2)CC1C3.CCC(C)(C)C(=O)OC1(C)CCCC1.CCC(C)(C)C(=O)OC12CC3CC(CC(O)(C3)C1)C2.CCC(C)(C)C(=O)OC1CCOC1=O.CCC(C)(C)C(=O)OCC(=O)OC1C2CC3C1OS(=O)(=O)C3C2.CCC(C)(C)C(=O)OCC(=O)OCC(=O)OC1(C)C2CC3CC(C2)CC1C3. The molecule has 2 aliphatic heterocycles. The van der Waals surface area contributed by atoms with Crippen LogP contribution >= 0.6 is 0 Å². The highest BCUT2D eigenvalue weighted by Crippen LogP contribution is 2.64. The maximum atomic E-state index is 12.8. The van der Waals surface area contributed by atoms with E-state index >= 15 is 0 Å². The Labute approximate surface area is 705 Å². The van der Waals surface area contributed by atoms with Gasteiger partial charge in [-0.15, -0.1) is 0 Å². The molecule has 0 aromatic rings. The molecule has 17 aliphatic rings. The molecule has 14 bridgehead atoms. The molecule has 17 rings (SSSR count). The second-order valence-electron chi connectivity index (χ2n) is 43.0. The van der Waals surface area contributed by atoms with Crippen molar-refractivity contribution in [3.63, 3.8) is 0 Å². The Morgan fingerprint density at radius 1 is 0.466 bits per heavy atom. The number of fused-ring (bicyclic) bond motifs is 1. The molecular weight excluding hydrogens is 1530 g/mol. The lowest BCUT2D eigenvalue weighted by Gasteiger charge is -2.62. The molecule has 15 saturated carbocycles. The molecule has 1 N–H and O–H groups in total. The Morgan fingerprint density at radius 2 is 0.873 bits per heavy atom. The van der Waals surface area contributed by atoms with Gasteiger partial charge in [0, 0.05) is 24.7 Å². The van der Waals surface area contributed by atoms with E-state index in [0.717, 1.165) is 107 Å². The zero-order valence-corrected chi connectivity index (χ0v) is 76.7. The highest BCUT2D eigenvalue weighted by molar-refractivity contribution is 7.87. The summed E-state index contributed by atoms with van der Waals surface area (Å²) in [4.78, 5) is 119. The van der Waals surface area contributed by atoms with E-state index < -0.39 is 122 Å². The summed E-state index contributed by atoms with van der Waals surface area (Å²) in [5.74, 6) is 3.31. The van der Waals surface area contributed by atoms with Crippen molar-refractivity contribution in [3.05, 3.63) is 0 Å². The second kappa shape index (κ2) is 37.2. The number of carbonyl (C=O) groups excluding carboxylic acids is 10. The van der Waals surface area contributed by atoms with Gasteiger partial charge >= 0.3 is 59.7 Å². The normalized spacial score (nSPS) is 34.7. The predicted octanol–water partition coefficient (Wildman–Crippen LogP) is 16.7. The van der Waals surface area contributed by atoms with Crippen molar-refractivity contribution in [2.45, 2.75) is 390 Å². The molecule has 672 valence electrons. The van der Waals surface area contributed by atoms with Crippen LogP contribution in [-0.2, 0) is 110 Å². The van der Waals surface area contributed by atoms with Crippen molar-refractivity contribution < 1.29 is 113 Å². The van der Waals surface area contributed by atoms with Crippen molar-refractivity contribution in [2.75, 3.05) is 26.4 Å². The van der Waals surface area contributed by atoms with E-state index in [-0.39, 0.29) is 63.3 Å². The molecule has 25 heteroatoms. The largest absolute Gasteiger partial charge is 0.463 e. The first-order valence-corrected chi connectivity index (χ1v) is 46.8. The molecular formula is C93H150O24S. The van der Waals surface area contributed by atoms with E-state index in [1.807, 2.05) is 76.2 Å². The van der Waals surface area contributed by atoms with Crippen LogP contribution in [0.15, 0.2) is 0 Å². The van der Waals surface area contributed by atoms with Crippen LogP contribution in [0.1, 0.15) is 339 Å². The number of ether oxygens (including phenoxy) is 10. The zero-order chi connectivity index (χ0) is 87.7. The van der Waals surface area contributed by atoms with Crippen LogP contribution in [0.25, 0.3) is 0 Å². The van der Waals surface area contributed by atoms with Gasteiger partial charge in [0.05, 0.1) is 49.9 Å². The predicted molar refractivity (Wildman–Crippen MR) is 440 cm³/mol. The van der Waals surface area contributed by atoms with Gasteiger partial charge < -0.3 is 52.5 Å². The molecule has 17 fully saturated rings. The third-order valence-electron chi connectivity index (χ3n) is 31.4. The van der Waals surface area contributed by atoms with Gasteiger partial charge in [0.25, 0.3) is 10.1 Å². The van der Waals surface area contributed by atoms with Crippen LogP contribution < -0.4 is 0 Å². The molecule has 0 amide bonds. The smallest absolute Gasteiger partial charge is 0.347 e. The lowest BCUT2D eigenvalue weighted by atomic mass is 9.47. The van der Waals surface area contributed by atoms with Crippen LogP contribution in [0.3, 0.4) is 0 Å². The zero-order valence-electron chi connectivity index (χ0n) is 75.9.